The number of halogens is 1. The van der Waals surface area contributed by atoms with Crippen molar-refractivity contribution in [2.75, 3.05) is 24.6 Å². The summed E-state index contributed by atoms with van der Waals surface area (Å²) >= 11 is 6.19. The summed E-state index contributed by atoms with van der Waals surface area (Å²) in [5, 5.41) is 14.2. The van der Waals surface area contributed by atoms with E-state index in [1.165, 1.54) is 9.80 Å². The molecule has 3 aromatic carbocycles. The Morgan fingerprint density at radius 2 is 1.73 bits per heavy atom. The maximum absolute atomic E-state index is 15.0. The lowest BCUT2D eigenvalue weighted by Gasteiger charge is -2.39. The highest BCUT2D eigenvalue weighted by Gasteiger charge is 2.75. The number of allylic oxidation sites excluding steroid dienone is 1. The third kappa shape index (κ3) is 7.28. The van der Waals surface area contributed by atoms with Crippen molar-refractivity contribution in [1.29, 1.82) is 0 Å². The molecule has 272 valence electrons. The van der Waals surface area contributed by atoms with Gasteiger partial charge in [0.15, 0.2) is 0 Å². The molecule has 7 atom stereocenters. The predicted molar refractivity (Wildman–Crippen MR) is 197 cm³/mol. The van der Waals surface area contributed by atoms with Crippen molar-refractivity contribution in [3.8, 4) is 0 Å². The first-order valence-corrected chi connectivity index (χ1v) is 18.1. The molecule has 3 fully saturated rings. The first kappa shape index (κ1) is 37.0. The summed E-state index contributed by atoms with van der Waals surface area (Å²) in [5.74, 6) is -3.75. The topological polar surface area (TPSA) is 125 Å². The number of nitrogens with one attached hydrogen (secondary N) is 1. The van der Waals surface area contributed by atoms with Crippen molar-refractivity contribution >= 4 is 41.0 Å². The van der Waals surface area contributed by atoms with Gasteiger partial charge in [-0.15, -0.1) is 13.2 Å². The second kappa shape index (κ2) is 16.3. The van der Waals surface area contributed by atoms with Crippen LogP contribution in [0.25, 0.3) is 0 Å². The van der Waals surface area contributed by atoms with Crippen LogP contribution in [-0.4, -0.2) is 77.2 Å². The van der Waals surface area contributed by atoms with Crippen molar-refractivity contribution in [2.45, 2.75) is 62.0 Å². The van der Waals surface area contributed by atoms with Crippen LogP contribution in [0.15, 0.2) is 110 Å². The molecule has 0 radical (unpaired) electrons. The summed E-state index contributed by atoms with van der Waals surface area (Å²) in [4.78, 5) is 59.7. The molecule has 3 aliphatic rings. The van der Waals surface area contributed by atoms with Crippen LogP contribution in [-0.2, 0) is 35.1 Å². The molecule has 3 aliphatic heterocycles. The van der Waals surface area contributed by atoms with Crippen LogP contribution < -0.4 is 10.2 Å². The smallest absolute Gasteiger partial charge is 0.313 e. The maximum atomic E-state index is 15.0. The number of aliphatic hydroxyl groups excluding tert-OH is 1. The van der Waals surface area contributed by atoms with Crippen molar-refractivity contribution in [3.63, 3.8) is 0 Å². The quantitative estimate of drug-likeness (QED) is 0.154. The largest absolute Gasteiger partial charge is 0.455 e. The van der Waals surface area contributed by atoms with E-state index in [1.807, 2.05) is 60.7 Å². The molecule has 0 aliphatic carbocycles. The zero-order chi connectivity index (χ0) is 36.8. The van der Waals surface area contributed by atoms with Gasteiger partial charge in [-0.3, -0.25) is 19.2 Å². The number of benzene rings is 3. The summed E-state index contributed by atoms with van der Waals surface area (Å²) in [6.45, 7) is 7.28. The van der Waals surface area contributed by atoms with Gasteiger partial charge in [0.1, 0.15) is 17.7 Å². The normalized spacial score (nSPS) is 24.1. The van der Waals surface area contributed by atoms with Gasteiger partial charge in [-0.1, -0.05) is 84.4 Å². The summed E-state index contributed by atoms with van der Waals surface area (Å²) in [6, 6.07) is 23.4. The van der Waals surface area contributed by atoms with Crippen LogP contribution in [0.3, 0.4) is 0 Å². The highest BCUT2D eigenvalue weighted by molar-refractivity contribution is 6.30. The van der Waals surface area contributed by atoms with E-state index in [-0.39, 0.29) is 31.8 Å². The van der Waals surface area contributed by atoms with Gasteiger partial charge in [-0.2, -0.15) is 0 Å². The van der Waals surface area contributed by atoms with Crippen molar-refractivity contribution < 1.29 is 33.8 Å². The third-order valence-corrected chi connectivity index (χ3v) is 10.6. The Balaban J connectivity index is 1.36. The van der Waals surface area contributed by atoms with Gasteiger partial charge in [0.2, 0.25) is 11.8 Å². The number of fused-ring (bicyclic) bond motifs is 1. The van der Waals surface area contributed by atoms with Crippen LogP contribution in [0, 0.1) is 11.8 Å². The third-order valence-electron chi connectivity index (χ3n) is 10.4. The molecule has 11 heteroatoms. The molecule has 0 saturated carbocycles. The van der Waals surface area contributed by atoms with Gasteiger partial charge >= 0.3 is 5.97 Å². The number of amides is 3. The fourth-order valence-corrected chi connectivity index (χ4v) is 8.16. The second-order valence-corrected chi connectivity index (χ2v) is 13.9. The minimum Gasteiger partial charge on any atom is -0.455 e. The molecular weight excluding hydrogens is 682 g/mol. The number of esters is 1. The summed E-state index contributed by atoms with van der Waals surface area (Å²) in [5.41, 5.74) is 0.754. The van der Waals surface area contributed by atoms with Crippen molar-refractivity contribution in [1.82, 2.24) is 10.2 Å². The van der Waals surface area contributed by atoms with Crippen LogP contribution in [0.5, 0.6) is 0 Å². The molecule has 52 heavy (non-hydrogen) atoms. The Morgan fingerprint density at radius 1 is 1.04 bits per heavy atom. The fraction of sp³-hybridized carbons (Fsp3) is 0.366. The Bertz CT molecular complexity index is 1770. The number of hydrogen-bond donors (Lipinski definition) is 2. The van der Waals surface area contributed by atoms with E-state index in [1.54, 1.807) is 36.4 Å². The number of likely N-dealkylation sites (tertiary alicyclic amines) is 1. The van der Waals surface area contributed by atoms with E-state index in [9.17, 15) is 24.3 Å². The number of rotatable bonds is 16. The van der Waals surface area contributed by atoms with E-state index in [0.717, 1.165) is 5.56 Å². The maximum Gasteiger partial charge on any atom is 0.313 e. The lowest BCUT2D eigenvalue weighted by atomic mass is 9.70. The van der Waals surface area contributed by atoms with E-state index in [0.29, 0.717) is 35.5 Å². The average Bonchev–Trinajstić information content (AvgIpc) is 3.82. The second-order valence-electron chi connectivity index (χ2n) is 13.5. The van der Waals surface area contributed by atoms with Crippen molar-refractivity contribution in [2.24, 2.45) is 11.8 Å². The van der Waals surface area contributed by atoms with Gasteiger partial charge < -0.3 is 29.7 Å². The van der Waals surface area contributed by atoms with Crippen LogP contribution >= 0.6 is 11.6 Å². The molecule has 3 heterocycles. The lowest BCUT2D eigenvalue weighted by Crippen LogP contribution is -2.59. The Kier molecular flexibility index (Phi) is 11.6. The zero-order valence-corrected chi connectivity index (χ0v) is 29.7. The lowest BCUT2D eigenvalue weighted by molar-refractivity contribution is -0.161. The number of anilines is 1. The number of hydrogen-bond acceptors (Lipinski definition) is 7. The number of ether oxygens (including phenoxy) is 2. The number of nitrogens with zero attached hydrogens (tertiary/aromatic N) is 2. The minimum atomic E-state index is -1.35. The van der Waals surface area contributed by atoms with Gasteiger partial charge in [0, 0.05) is 23.7 Å². The first-order chi connectivity index (χ1) is 25.2. The standard InChI is InChI=1S/C41H44ClN3O7/c1-3-5-16-34(47)43-25-33(28-14-10-7-11-15-28)51-40(50)35-32-21-22-41(52-32)36(35)38(48)45(31(26-46)24-27-12-8-6-9-13-27)37(41)39(49)44(23-4-2)30-19-17-29(42)18-20-30/h3-4,6-15,17-20,31-33,35-37,46H,1-2,5,16,21-26H2,(H,43,47)/t31-,32-,33+,35+,36+,37-,41+/m1/s1. The summed E-state index contributed by atoms with van der Waals surface area (Å²) < 4.78 is 12.9. The van der Waals surface area contributed by atoms with E-state index in [4.69, 9.17) is 21.1 Å². The number of carbonyl (C=O) groups excluding carboxylic acids is 4. The molecule has 3 amide bonds. The molecule has 10 nitrogen and oxygen atoms in total. The van der Waals surface area contributed by atoms with Crippen molar-refractivity contribution in [3.05, 3.63) is 126 Å². The summed E-state index contributed by atoms with van der Waals surface area (Å²) in [7, 11) is 0. The molecule has 3 saturated heterocycles. The number of carbonyl (C=O) groups is 4. The SMILES string of the molecule is C=CCCC(=O)NC[C@H](OC(=O)[C@@H]1[C@H]2C(=O)N([C@@H](CO)Cc3ccccc3)[C@H](C(=O)N(CC=C)c3ccc(Cl)cc3)[C@]23CC[C@H]1O3)c1ccccc1. The van der Waals surface area contributed by atoms with Gasteiger partial charge in [0.25, 0.3) is 5.91 Å². The monoisotopic (exact) mass is 725 g/mol. The van der Waals surface area contributed by atoms with E-state index >= 15 is 0 Å². The highest BCUT2D eigenvalue weighted by Crippen LogP contribution is 2.59. The highest BCUT2D eigenvalue weighted by atomic mass is 35.5. The number of aliphatic hydroxyl groups is 1. The molecule has 2 N–H and O–H groups in total. The molecular formula is C41H44ClN3O7. The molecule has 6 rings (SSSR count). The van der Waals surface area contributed by atoms with E-state index in [2.05, 4.69) is 18.5 Å². The molecule has 3 aromatic rings. The first-order valence-electron chi connectivity index (χ1n) is 17.7. The molecule has 1 spiro atoms. The van der Waals surface area contributed by atoms with Gasteiger partial charge in [-0.05, 0) is 61.1 Å². The Labute approximate surface area is 309 Å². The van der Waals surface area contributed by atoms with Crippen LogP contribution in [0.2, 0.25) is 5.02 Å². The molecule has 2 bridgehead atoms. The van der Waals surface area contributed by atoms with Crippen LogP contribution in [0.4, 0.5) is 5.69 Å². The molecule has 0 aromatic heterocycles. The predicted octanol–water partition coefficient (Wildman–Crippen LogP) is 5.20. The average molecular weight is 726 g/mol. The van der Waals surface area contributed by atoms with Gasteiger partial charge in [-0.25, -0.2) is 0 Å². The van der Waals surface area contributed by atoms with Gasteiger partial charge in [0.05, 0.1) is 37.1 Å². The minimum absolute atomic E-state index is 0.0300. The Morgan fingerprint density at radius 3 is 2.38 bits per heavy atom. The summed E-state index contributed by atoms with van der Waals surface area (Å²) in [6.07, 6.45) is 3.58. The van der Waals surface area contributed by atoms with E-state index < -0.39 is 66.1 Å². The zero-order valence-electron chi connectivity index (χ0n) is 28.9. The van der Waals surface area contributed by atoms with Crippen LogP contribution in [0.1, 0.15) is 42.9 Å². The molecule has 0 unspecified atom stereocenters. The fourth-order valence-electron chi connectivity index (χ4n) is 8.03. The Hall–Kier alpha value is -4.77.